The minimum absolute atomic E-state index is 0.673. The van der Waals surface area contributed by atoms with Crippen molar-refractivity contribution in [1.29, 1.82) is 0 Å². The SMILES string of the molecule is CCCCN(C1=C(C)C=CC1)[SiH](C)C. The van der Waals surface area contributed by atoms with Crippen molar-refractivity contribution in [2.24, 2.45) is 0 Å². The average molecular weight is 209 g/mol. The molecule has 0 aromatic heterocycles. The average Bonchev–Trinajstić information content (AvgIpc) is 2.52. The van der Waals surface area contributed by atoms with Gasteiger partial charge in [-0.05, 0) is 18.9 Å². The van der Waals surface area contributed by atoms with Crippen LogP contribution in [0.4, 0.5) is 0 Å². The van der Waals surface area contributed by atoms with Gasteiger partial charge in [0.05, 0.1) is 0 Å². The molecule has 1 rings (SSSR count). The van der Waals surface area contributed by atoms with Crippen LogP contribution in [-0.2, 0) is 0 Å². The zero-order valence-electron chi connectivity index (χ0n) is 10.0. The van der Waals surface area contributed by atoms with Gasteiger partial charge in [-0.15, -0.1) is 0 Å². The molecule has 14 heavy (non-hydrogen) atoms. The third-order valence-corrected chi connectivity index (χ3v) is 4.67. The molecule has 0 saturated carbocycles. The Labute approximate surface area is 90.2 Å². The third kappa shape index (κ3) is 2.74. The maximum absolute atomic E-state index is 2.69. The first kappa shape index (κ1) is 11.6. The lowest BCUT2D eigenvalue weighted by Gasteiger charge is -2.30. The third-order valence-electron chi connectivity index (χ3n) is 2.86. The number of rotatable bonds is 5. The Hall–Kier alpha value is -0.503. The van der Waals surface area contributed by atoms with Crippen LogP contribution in [0.1, 0.15) is 33.1 Å². The van der Waals surface area contributed by atoms with Crippen molar-refractivity contribution in [3.8, 4) is 0 Å². The van der Waals surface area contributed by atoms with Crippen molar-refractivity contribution in [2.75, 3.05) is 6.54 Å². The lowest BCUT2D eigenvalue weighted by Crippen LogP contribution is -2.34. The van der Waals surface area contributed by atoms with Gasteiger partial charge >= 0.3 is 0 Å². The Bertz CT molecular complexity index is 241. The molecule has 0 unspecified atom stereocenters. The maximum atomic E-state index is 2.69. The van der Waals surface area contributed by atoms with Crippen LogP contribution in [0.2, 0.25) is 13.1 Å². The van der Waals surface area contributed by atoms with Crippen LogP contribution in [0.25, 0.3) is 0 Å². The predicted octanol–water partition coefficient (Wildman–Crippen LogP) is 3.31. The summed E-state index contributed by atoms with van der Waals surface area (Å²) in [7, 11) is -0.673. The molecule has 0 aromatic carbocycles. The van der Waals surface area contributed by atoms with E-state index in [1.165, 1.54) is 31.4 Å². The minimum Gasteiger partial charge on any atom is -0.403 e. The molecular formula is C12H23NSi. The fourth-order valence-corrected chi connectivity index (χ4v) is 3.61. The summed E-state index contributed by atoms with van der Waals surface area (Å²) >= 11 is 0. The van der Waals surface area contributed by atoms with Crippen molar-refractivity contribution in [1.82, 2.24) is 4.57 Å². The van der Waals surface area contributed by atoms with Gasteiger partial charge in [0.15, 0.2) is 0 Å². The molecule has 0 spiro atoms. The van der Waals surface area contributed by atoms with E-state index in [4.69, 9.17) is 0 Å². The quantitative estimate of drug-likeness (QED) is 0.628. The van der Waals surface area contributed by atoms with Crippen LogP contribution in [0.3, 0.4) is 0 Å². The molecule has 0 fully saturated rings. The van der Waals surface area contributed by atoms with Gasteiger partial charge in [0.1, 0.15) is 8.96 Å². The van der Waals surface area contributed by atoms with Gasteiger partial charge in [-0.1, -0.05) is 38.6 Å². The highest BCUT2D eigenvalue weighted by Crippen LogP contribution is 2.23. The Balaban J connectivity index is 2.64. The molecule has 0 amide bonds. The van der Waals surface area contributed by atoms with Crippen molar-refractivity contribution in [3.05, 3.63) is 23.4 Å². The second-order valence-corrected chi connectivity index (χ2v) is 7.19. The fourth-order valence-electron chi connectivity index (χ4n) is 1.98. The molecule has 0 heterocycles. The molecule has 1 aliphatic rings. The van der Waals surface area contributed by atoms with E-state index in [1.807, 2.05) is 0 Å². The van der Waals surface area contributed by atoms with E-state index in [1.54, 1.807) is 5.70 Å². The topological polar surface area (TPSA) is 3.24 Å². The summed E-state index contributed by atoms with van der Waals surface area (Å²) in [5.74, 6) is 0. The van der Waals surface area contributed by atoms with Crippen molar-refractivity contribution in [3.63, 3.8) is 0 Å². The maximum Gasteiger partial charge on any atom is 0.134 e. The standard InChI is InChI=1S/C12H23NSi/c1-5-6-10-13(14(3)4)12-9-7-8-11(12)2/h7-8,14H,5-6,9-10H2,1-4H3. The Morgan fingerprint density at radius 1 is 1.43 bits per heavy atom. The highest BCUT2D eigenvalue weighted by Gasteiger charge is 2.16. The van der Waals surface area contributed by atoms with Gasteiger partial charge in [-0.3, -0.25) is 0 Å². The van der Waals surface area contributed by atoms with Gasteiger partial charge in [0, 0.05) is 18.7 Å². The van der Waals surface area contributed by atoms with E-state index in [-0.39, 0.29) is 0 Å². The summed E-state index contributed by atoms with van der Waals surface area (Å²) in [4.78, 5) is 0. The number of nitrogens with zero attached hydrogens (tertiary/aromatic N) is 1. The second kappa shape index (κ2) is 5.40. The highest BCUT2D eigenvalue weighted by molar-refractivity contribution is 6.53. The van der Waals surface area contributed by atoms with E-state index in [2.05, 4.69) is 43.7 Å². The van der Waals surface area contributed by atoms with Crippen LogP contribution >= 0.6 is 0 Å². The van der Waals surface area contributed by atoms with Crippen LogP contribution < -0.4 is 0 Å². The monoisotopic (exact) mass is 209 g/mol. The van der Waals surface area contributed by atoms with Crippen molar-refractivity contribution in [2.45, 2.75) is 46.2 Å². The number of allylic oxidation sites excluding steroid dienone is 3. The van der Waals surface area contributed by atoms with Crippen LogP contribution in [-0.4, -0.2) is 20.1 Å². The van der Waals surface area contributed by atoms with E-state index >= 15 is 0 Å². The molecule has 1 aliphatic carbocycles. The largest absolute Gasteiger partial charge is 0.403 e. The molecular weight excluding hydrogens is 186 g/mol. The molecule has 0 saturated heterocycles. The Morgan fingerprint density at radius 2 is 2.14 bits per heavy atom. The van der Waals surface area contributed by atoms with Gasteiger partial charge in [0.25, 0.3) is 0 Å². The molecule has 80 valence electrons. The van der Waals surface area contributed by atoms with Gasteiger partial charge in [0.2, 0.25) is 0 Å². The molecule has 0 N–H and O–H groups in total. The fraction of sp³-hybridized carbons (Fsp3) is 0.667. The van der Waals surface area contributed by atoms with Gasteiger partial charge in [-0.2, -0.15) is 0 Å². The van der Waals surface area contributed by atoms with E-state index in [0.29, 0.717) is 0 Å². The normalized spacial score (nSPS) is 15.8. The predicted molar refractivity (Wildman–Crippen MR) is 66.9 cm³/mol. The number of hydrogen-bond donors (Lipinski definition) is 0. The molecule has 0 radical (unpaired) electrons. The summed E-state index contributed by atoms with van der Waals surface area (Å²) in [5, 5.41) is 0. The summed E-state index contributed by atoms with van der Waals surface area (Å²) in [5.41, 5.74) is 3.09. The van der Waals surface area contributed by atoms with Crippen LogP contribution in [0, 0.1) is 0 Å². The highest BCUT2D eigenvalue weighted by atomic mass is 28.3. The zero-order valence-corrected chi connectivity index (χ0v) is 11.2. The number of unbranched alkanes of at least 4 members (excludes halogenated alkanes) is 1. The van der Waals surface area contributed by atoms with E-state index in [9.17, 15) is 0 Å². The Kier molecular flexibility index (Phi) is 4.46. The molecule has 1 nitrogen and oxygen atoms in total. The van der Waals surface area contributed by atoms with Crippen LogP contribution in [0.5, 0.6) is 0 Å². The second-order valence-electron chi connectivity index (χ2n) is 4.38. The first-order valence-electron chi connectivity index (χ1n) is 5.79. The molecule has 2 heteroatoms. The molecule has 0 bridgehead atoms. The zero-order chi connectivity index (χ0) is 10.6. The smallest absolute Gasteiger partial charge is 0.134 e. The first-order valence-corrected chi connectivity index (χ1v) is 8.62. The van der Waals surface area contributed by atoms with Gasteiger partial charge in [-0.25, -0.2) is 0 Å². The van der Waals surface area contributed by atoms with Crippen molar-refractivity contribution < 1.29 is 0 Å². The molecule has 0 atom stereocenters. The first-order chi connectivity index (χ1) is 6.66. The summed E-state index contributed by atoms with van der Waals surface area (Å²) in [6, 6.07) is 0. The molecule has 0 aromatic rings. The number of hydrogen-bond acceptors (Lipinski definition) is 1. The summed E-state index contributed by atoms with van der Waals surface area (Å²) in [6.07, 6.45) is 8.37. The minimum atomic E-state index is -0.673. The van der Waals surface area contributed by atoms with E-state index in [0.717, 1.165) is 0 Å². The molecule has 0 aliphatic heterocycles. The van der Waals surface area contributed by atoms with Crippen LogP contribution in [0.15, 0.2) is 23.4 Å². The Morgan fingerprint density at radius 3 is 2.57 bits per heavy atom. The van der Waals surface area contributed by atoms with Gasteiger partial charge < -0.3 is 4.57 Å². The van der Waals surface area contributed by atoms with E-state index < -0.39 is 8.96 Å². The lowest BCUT2D eigenvalue weighted by molar-refractivity contribution is 0.497. The summed E-state index contributed by atoms with van der Waals surface area (Å²) < 4.78 is 2.69. The lowest BCUT2D eigenvalue weighted by atomic mass is 10.2. The summed E-state index contributed by atoms with van der Waals surface area (Å²) in [6.45, 7) is 10.6. The van der Waals surface area contributed by atoms with Crippen molar-refractivity contribution >= 4 is 8.96 Å².